The number of hydrogen-bond acceptors (Lipinski definition) is 4. The minimum atomic E-state index is -0.743. The normalized spacial score (nSPS) is 25.6. The minimum absolute atomic E-state index is 0.100. The van der Waals surface area contributed by atoms with Crippen molar-refractivity contribution in [3.05, 3.63) is 118 Å². The summed E-state index contributed by atoms with van der Waals surface area (Å²) >= 11 is 0. The molecule has 7 nitrogen and oxygen atoms in total. The van der Waals surface area contributed by atoms with Crippen molar-refractivity contribution in [2.75, 3.05) is 4.90 Å². The van der Waals surface area contributed by atoms with E-state index in [0.29, 0.717) is 22.6 Å². The van der Waals surface area contributed by atoms with Crippen LogP contribution in [0.15, 0.2) is 84.4 Å². The lowest BCUT2D eigenvalue weighted by atomic mass is 9.48. The number of nitrogens with zero attached hydrogens (tertiary/aromatic N) is 2. The van der Waals surface area contributed by atoms with Gasteiger partial charge in [0.25, 0.3) is 11.8 Å². The Balaban J connectivity index is 1.02. The molecule has 5 aliphatic rings. The first-order valence-electron chi connectivity index (χ1n) is 16.8. The van der Waals surface area contributed by atoms with Gasteiger partial charge in [0.1, 0.15) is 23.7 Å². The summed E-state index contributed by atoms with van der Waals surface area (Å²) in [5.41, 5.74) is 5.62. The van der Waals surface area contributed by atoms with E-state index in [0.717, 1.165) is 39.7 Å². The van der Waals surface area contributed by atoms with Crippen LogP contribution in [0.25, 0.3) is 11.8 Å². The lowest BCUT2D eigenvalue weighted by molar-refractivity contribution is -0.122. The summed E-state index contributed by atoms with van der Waals surface area (Å²) in [5.74, 6) is 1.38. The fraction of sp³-hybridized carbons (Fsp3) is 0.325. The number of aromatic nitrogens is 1. The second kappa shape index (κ2) is 11.6. The first-order chi connectivity index (χ1) is 23.2. The number of nitrogens with one attached hydrogen (secondary N) is 1. The Morgan fingerprint density at radius 1 is 0.854 bits per heavy atom. The molecule has 4 saturated carbocycles. The van der Waals surface area contributed by atoms with Crippen molar-refractivity contribution in [1.82, 2.24) is 9.88 Å². The highest BCUT2D eigenvalue weighted by Crippen LogP contribution is 2.60. The third kappa shape index (κ3) is 5.24. The van der Waals surface area contributed by atoms with E-state index < -0.39 is 17.8 Å². The van der Waals surface area contributed by atoms with E-state index in [1.807, 2.05) is 60.9 Å². The molecular weight excluding hydrogens is 605 g/mol. The molecule has 0 spiro atoms. The Labute approximate surface area is 279 Å². The van der Waals surface area contributed by atoms with Crippen molar-refractivity contribution in [3.8, 4) is 11.4 Å². The zero-order chi connectivity index (χ0) is 33.2. The third-order valence-corrected chi connectivity index (χ3v) is 11.1. The summed E-state index contributed by atoms with van der Waals surface area (Å²) in [6.07, 6.45) is 9.35. The number of hydrogen-bond donors (Lipinski definition) is 1. The highest BCUT2D eigenvalue weighted by atomic mass is 19.1. The Bertz CT molecular complexity index is 1940. The number of halogens is 1. The van der Waals surface area contributed by atoms with E-state index >= 15 is 0 Å². The van der Waals surface area contributed by atoms with Crippen molar-refractivity contribution < 1.29 is 23.5 Å². The maximum Gasteiger partial charge on any atom is 0.335 e. The van der Waals surface area contributed by atoms with E-state index in [1.165, 1.54) is 50.2 Å². The zero-order valence-electron chi connectivity index (χ0n) is 27.2. The van der Waals surface area contributed by atoms with Gasteiger partial charge in [-0.2, -0.15) is 0 Å². The molecule has 48 heavy (non-hydrogen) atoms. The van der Waals surface area contributed by atoms with Crippen LogP contribution in [0.1, 0.15) is 66.6 Å². The molecule has 1 aliphatic heterocycles. The van der Waals surface area contributed by atoms with E-state index in [-0.39, 0.29) is 23.4 Å². The number of barbiturate groups is 1. The first kappa shape index (κ1) is 30.4. The fourth-order valence-corrected chi connectivity index (χ4v) is 9.27. The van der Waals surface area contributed by atoms with E-state index in [2.05, 4.69) is 17.4 Å². The van der Waals surface area contributed by atoms with Gasteiger partial charge in [0.05, 0.1) is 5.69 Å². The molecule has 4 amide bonds. The quantitative estimate of drug-likeness (QED) is 0.164. The second-order valence-electron chi connectivity index (χ2n) is 14.2. The summed E-state index contributed by atoms with van der Waals surface area (Å²) in [6.45, 7) is 3.98. The number of rotatable bonds is 7. The largest absolute Gasteiger partial charge is 0.489 e. The van der Waals surface area contributed by atoms with Crippen LogP contribution < -0.4 is 15.0 Å². The summed E-state index contributed by atoms with van der Waals surface area (Å²) < 4.78 is 21.8. The van der Waals surface area contributed by atoms with Gasteiger partial charge in [0.15, 0.2) is 0 Å². The lowest BCUT2D eigenvalue weighted by Crippen LogP contribution is -2.54. The number of anilines is 1. The highest BCUT2D eigenvalue weighted by Gasteiger charge is 2.51. The van der Waals surface area contributed by atoms with Gasteiger partial charge in [0, 0.05) is 22.6 Å². The van der Waals surface area contributed by atoms with Crippen molar-refractivity contribution in [2.24, 2.45) is 17.8 Å². The number of imide groups is 2. The van der Waals surface area contributed by atoms with Crippen LogP contribution in [0.4, 0.5) is 14.9 Å². The van der Waals surface area contributed by atoms with Crippen LogP contribution in [0, 0.1) is 37.4 Å². The molecule has 8 heteroatoms. The smallest absolute Gasteiger partial charge is 0.335 e. The minimum Gasteiger partial charge on any atom is -0.489 e. The lowest BCUT2D eigenvalue weighted by Gasteiger charge is -2.57. The monoisotopic (exact) mass is 643 g/mol. The van der Waals surface area contributed by atoms with Gasteiger partial charge >= 0.3 is 6.03 Å². The predicted molar refractivity (Wildman–Crippen MR) is 181 cm³/mol. The van der Waals surface area contributed by atoms with Gasteiger partial charge in [-0.05, 0) is 141 Å². The molecule has 4 aromatic rings. The van der Waals surface area contributed by atoms with Crippen LogP contribution in [-0.2, 0) is 21.6 Å². The van der Waals surface area contributed by atoms with E-state index in [4.69, 9.17) is 4.74 Å². The molecule has 2 heterocycles. The average molecular weight is 644 g/mol. The van der Waals surface area contributed by atoms with Crippen molar-refractivity contribution >= 4 is 29.6 Å². The molecule has 9 rings (SSSR count). The molecule has 5 fully saturated rings. The van der Waals surface area contributed by atoms with Crippen LogP contribution in [-0.4, -0.2) is 22.4 Å². The molecule has 1 N–H and O–H groups in total. The molecule has 1 aromatic heterocycles. The molecule has 4 aliphatic carbocycles. The first-order valence-corrected chi connectivity index (χ1v) is 16.8. The Hall–Kier alpha value is -4.98. The summed E-state index contributed by atoms with van der Waals surface area (Å²) in [6, 6.07) is 23.0. The number of urea groups is 1. The molecule has 0 atom stereocenters. The summed E-state index contributed by atoms with van der Waals surface area (Å²) in [4.78, 5) is 40.9. The Kier molecular flexibility index (Phi) is 7.35. The highest BCUT2D eigenvalue weighted by molar-refractivity contribution is 6.39. The van der Waals surface area contributed by atoms with Crippen LogP contribution >= 0.6 is 0 Å². The van der Waals surface area contributed by atoms with Gasteiger partial charge in [-0.25, -0.2) is 14.1 Å². The van der Waals surface area contributed by atoms with Crippen LogP contribution in [0.5, 0.6) is 5.75 Å². The molecule has 3 aromatic carbocycles. The maximum atomic E-state index is 14.0. The topological polar surface area (TPSA) is 80.6 Å². The van der Waals surface area contributed by atoms with E-state index in [9.17, 15) is 18.8 Å². The number of aryl methyl sites for hydroxylation is 1. The number of carbonyl (C=O) groups is 3. The second-order valence-corrected chi connectivity index (χ2v) is 14.2. The standard InChI is InChI=1S/C40H38FN3O4/c1-24-15-30(25(2)43(24)32-11-13-34(14-12-32)48-23-29-5-3-4-6-36(29)41)19-35-37(45)42-39(47)44(38(35)46)33-9-7-31(8-10-33)40-20-26-16-27(21-40)18-28(17-26)22-40/h3-15,19,26-28H,16-18,20-23H2,1-2H3,(H,42,45,47)/b35-19+. The fourth-order valence-electron chi connectivity index (χ4n) is 9.27. The summed E-state index contributed by atoms with van der Waals surface area (Å²) in [7, 11) is 0. The van der Waals surface area contributed by atoms with Gasteiger partial charge in [0.2, 0.25) is 0 Å². The molecule has 1 saturated heterocycles. The predicted octanol–water partition coefficient (Wildman–Crippen LogP) is 7.95. The molecule has 4 bridgehead atoms. The van der Waals surface area contributed by atoms with Gasteiger partial charge in [-0.15, -0.1) is 0 Å². The van der Waals surface area contributed by atoms with Crippen molar-refractivity contribution in [2.45, 2.75) is 64.4 Å². The van der Waals surface area contributed by atoms with E-state index in [1.54, 1.807) is 24.3 Å². The molecule has 0 radical (unpaired) electrons. The molecule has 0 unspecified atom stereocenters. The molecular formula is C40H38FN3O4. The Morgan fingerprint density at radius 3 is 2.12 bits per heavy atom. The van der Waals surface area contributed by atoms with Crippen molar-refractivity contribution in [3.63, 3.8) is 0 Å². The third-order valence-electron chi connectivity index (χ3n) is 11.1. The Morgan fingerprint density at radius 2 is 1.48 bits per heavy atom. The number of carbonyl (C=O) groups excluding carboxylic acids is 3. The zero-order valence-corrected chi connectivity index (χ0v) is 27.2. The van der Waals surface area contributed by atoms with Gasteiger partial charge < -0.3 is 9.30 Å². The van der Waals surface area contributed by atoms with Crippen LogP contribution in [0.3, 0.4) is 0 Å². The SMILES string of the molecule is Cc1cc(/C=C2\C(=O)NC(=O)N(c3ccc(C45CC6CC(CC(C6)C4)C5)cc3)C2=O)c(C)n1-c1ccc(OCc2ccccc2F)cc1. The maximum absolute atomic E-state index is 14.0. The number of ether oxygens (including phenoxy) is 1. The molecule has 244 valence electrons. The van der Waals surface area contributed by atoms with Gasteiger partial charge in [-0.3, -0.25) is 14.9 Å². The summed E-state index contributed by atoms with van der Waals surface area (Å²) in [5, 5.41) is 2.37. The average Bonchev–Trinajstić information content (AvgIpc) is 3.34. The van der Waals surface area contributed by atoms with Crippen LogP contribution in [0.2, 0.25) is 0 Å². The van der Waals surface area contributed by atoms with Crippen molar-refractivity contribution in [1.29, 1.82) is 0 Å². The number of amides is 4. The van der Waals surface area contributed by atoms with Gasteiger partial charge in [-0.1, -0.05) is 30.3 Å². The number of benzene rings is 3.